The molecule has 5 rings (SSSR count). The molecule has 0 radical (unpaired) electrons. The monoisotopic (exact) mass is 450 g/mol. The number of aromatic nitrogens is 4. The number of carbonyl (C=O) groups excluding carboxylic acids is 1. The van der Waals surface area contributed by atoms with E-state index in [0.29, 0.717) is 34.9 Å². The van der Waals surface area contributed by atoms with Gasteiger partial charge in [-0.2, -0.15) is 0 Å². The van der Waals surface area contributed by atoms with E-state index >= 15 is 0 Å². The number of imidazole rings is 1. The van der Waals surface area contributed by atoms with E-state index < -0.39 is 30.4 Å². The highest BCUT2D eigenvalue weighted by Gasteiger charge is 2.47. The minimum absolute atomic E-state index is 0.366. The minimum Gasteiger partial charge on any atom is -0.472 e. The van der Waals surface area contributed by atoms with Crippen molar-refractivity contribution in [2.24, 2.45) is 0 Å². The Balaban J connectivity index is 1.56. The van der Waals surface area contributed by atoms with Crippen LogP contribution in [-0.2, 0) is 16.1 Å². The van der Waals surface area contributed by atoms with Crippen molar-refractivity contribution in [3.8, 4) is 11.4 Å². The van der Waals surface area contributed by atoms with Gasteiger partial charge >= 0.3 is 0 Å². The zero-order valence-corrected chi connectivity index (χ0v) is 17.6. The number of hydrogen-bond acceptors (Lipinski definition) is 9. The molecule has 1 aromatic carbocycles. The maximum absolute atomic E-state index is 12.1. The lowest BCUT2D eigenvalue weighted by Crippen LogP contribution is -2.41. The fraction of sp³-hybridized carbons (Fsp3) is 0.273. The Hall–Kier alpha value is -3.80. The molecule has 1 amide bonds. The van der Waals surface area contributed by atoms with Crippen molar-refractivity contribution in [3.05, 3.63) is 60.8 Å². The number of nitrogens with one attached hydrogen (secondary N) is 2. The summed E-state index contributed by atoms with van der Waals surface area (Å²) in [7, 11) is 1.43. The Morgan fingerprint density at radius 2 is 1.97 bits per heavy atom. The first kappa shape index (κ1) is 21.1. The van der Waals surface area contributed by atoms with E-state index in [1.54, 1.807) is 6.07 Å². The molecule has 0 unspecified atom stereocenters. The number of furan rings is 1. The zero-order valence-electron chi connectivity index (χ0n) is 17.6. The first-order valence-electron chi connectivity index (χ1n) is 10.3. The smallest absolute Gasteiger partial charge is 0.251 e. The molecule has 4 heterocycles. The summed E-state index contributed by atoms with van der Waals surface area (Å²) in [5.41, 5.74) is 2.53. The first-order valence-corrected chi connectivity index (χ1v) is 10.3. The Bertz CT molecular complexity index is 1260. The van der Waals surface area contributed by atoms with Crippen molar-refractivity contribution in [2.75, 3.05) is 12.4 Å². The summed E-state index contributed by atoms with van der Waals surface area (Å²) >= 11 is 0. The molecule has 1 aliphatic rings. The predicted octanol–water partition coefficient (Wildman–Crippen LogP) is 1.06. The highest BCUT2D eigenvalue weighted by atomic mass is 16.6. The quantitative estimate of drug-likeness (QED) is 0.338. The van der Waals surface area contributed by atoms with Gasteiger partial charge in [-0.05, 0) is 11.6 Å². The normalized spacial score (nSPS) is 22.5. The third-order valence-electron chi connectivity index (χ3n) is 5.52. The predicted molar refractivity (Wildman–Crippen MR) is 117 cm³/mol. The van der Waals surface area contributed by atoms with Gasteiger partial charge in [-0.1, -0.05) is 30.3 Å². The first-order chi connectivity index (χ1) is 16.1. The SMILES string of the molecule is CNC(=O)[C@H]1O[C@@H](n2cnc3c(NCc4ccccc4)nc(-c4ccoc4)nc32)[C@H](O)[C@@H]1O. The molecule has 11 nitrogen and oxygen atoms in total. The molecule has 1 fully saturated rings. The fourth-order valence-electron chi connectivity index (χ4n) is 3.78. The van der Waals surface area contributed by atoms with Crippen LogP contribution in [0.3, 0.4) is 0 Å². The van der Waals surface area contributed by atoms with Gasteiger partial charge in [-0.15, -0.1) is 0 Å². The van der Waals surface area contributed by atoms with Gasteiger partial charge in [0.1, 0.15) is 18.5 Å². The number of carbonyl (C=O) groups is 1. The molecule has 11 heteroatoms. The van der Waals surface area contributed by atoms with Gasteiger partial charge in [0.2, 0.25) is 0 Å². The highest BCUT2D eigenvalue weighted by molar-refractivity contribution is 5.85. The van der Waals surface area contributed by atoms with Crippen molar-refractivity contribution in [2.45, 2.75) is 31.1 Å². The van der Waals surface area contributed by atoms with Crippen LogP contribution >= 0.6 is 0 Å². The number of fused-ring (bicyclic) bond motifs is 1. The van der Waals surface area contributed by atoms with E-state index in [9.17, 15) is 15.0 Å². The van der Waals surface area contributed by atoms with Crippen LogP contribution in [0.15, 0.2) is 59.7 Å². The Kier molecular flexibility index (Phi) is 5.50. The van der Waals surface area contributed by atoms with Gasteiger partial charge in [0.25, 0.3) is 5.91 Å². The summed E-state index contributed by atoms with van der Waals surface area (Å²) in [5.74, 6) is 0.325. The van der Waals surface area contributed by atoms with Crippen molar-refractivity contribution in [1.82, 2.24) is 24.8 Å². The van der Waals surface area contributed by atoms with Crippen LogP contribution in [0.25, 0.3) is 22.6 Å². The van der Waals surface area contributed by atoms with E-state index in [4.69, 9.17) is 9.15 Å². The highest BCUT2D eigenvalue weighted by Crippen LogP contribution is 2.33. The molecule has 3 aromatic heterocycles. The number of rotatable bonds is 6. The van der Waals surface area contributed by atoms with Gasteiger partial charge in [-0.25, -0.2) is 15.0 Å². The summed E-state index contributed by atoms with van der Waals surface area (Å²) < 4.78 is 12.4. The van der Waals surface area contributed by atoms with Gasteiger partial charge in [0.15, 0.2) is 35.1 Å². The number of nitrogens with zero attached hydrogens (tertiary/aromatic N) is 4. The van der Waals surface area contributed by atoms with Gasteiger partial charge in [-0.3, -0.25) is 9.36 Å². The van der Waals surface area contributed by atoms with Crippen molar-refractivity contribution in [3.63, 3.8) is 0 Å². The van der Waals surface area contributed by atoms with E-state index in [1.807, 2.05) is 30.3 Å². The van der Waals surface area contributed by atoms with Gasteiger partial charge in [0.05, 0.1) is 18.2 Å². The summed E-state index contributed by atoms with van der Waals surface area (Å²) in [6.07, 6.45) is -0.574. The van der Waals surface area contributed by atoms with Crippen molar-refractivity contribution < 1.29 is 24.2 Å². The lowest BCUT2D eigenvalue weighted by Gasteiger charge is -2.17. The molecular weight excluding hydrogens is 428 g/mol. The van der Waals surface area contributed by atoms with Crippen LogP contribution in [0, 0.1) is 0 Å². The average molecular weight is 450 g/mol. The average Bonchev–Trinajstić information content (AvgIpc) is 3.58. The van der Waals surface area contributed by atoms with Crippen LogP contribution in [-0.4, -0.2) is 61.0 Å². The summed E-state index contributed by atoms with van der Waals surface area (Å²) in [6, 6.07) is 11.6. The van der Waals surface area contributed by atoms with Crippen LogP contribution in [0.4, 0.5) is 5.82 Å². The summed E-state index contributed by atoms with van der Waals surface area (Å²) in [4.78, 5) is 25.7. The number of anilines is 1. The molecule has 4 N–H and O–H groups in total. The maximum Gasteiger partial charge on any atom is 0.251 e. The van der Waals surface area contributed by atoms with Crippen LogP contribution < -0.4 is 10.6 Å². The standard InChI is InChI=1S/C22H22N6O5/c1-23-21(31)17-15(29)16(30)22(33-17)28-11-25-14-19(24-9-12-5-3-2-4-6-12)26-18(27-20(14)28)13-7-8-32-10-13/h2-8,10-11,15-17,22,29-30H,9H2,1H3,(H,23,31)(H,24,26,27)/t15-,16+,17-,22+/m0/s1. The Labute approximate surface area is 188 Å². The van der Waals surface area contributed by atoms with Crippen LogP contribution in [0.2, 0.25) is 0 Å². The molecule has 1 aliphatic heterocycles. The molecule has 4 aromatic rings. The number of likely N-dealkylation sites (N-methyl/N-ethyl adjacent to an activating group) is 1. The number of aliphatic hydroxyl groups excluding tert-OH is 2. The van der Waals surface area contributed by atoms with Gasteiger partial charge in [0, 0.05) is 13.6 Å². The zero-order chi connectivity index (χ0) is 22.9. The summed E-state index contributed by atoms with van der Waals surface area (Å²) in [5, 5.41) is 26.7. The van der Waals surface area contributed by atoms with Crippen molar-refractivity contribution >= 4 is 22.9 Å². The van der Waals surface area contributed by atoms with E-state index in [2.05, 4.69) is 25.6 Å². The number of hydrogen-bond donors (Lipinski definition) is 4. The number of benzene rings is 1. The topological polar surface area (TPSA) is 148 Å². The molecular formula is C22H22N6O5. The lowest BCUT2D eigenvalue weighted by atomic mass is 10.1. The van der Waals surface area contributed by atoms with Crippen LogP contribution in [0.5, 0.6) is 0 Å². The molecule has 170 valence electrons. The molecule has 4 atom stereocenters. The van der Waals surface area contributed by atoms with E-state index in [1.165, 1.54) is 30.5 Å². The summed E-state index contributed by atoms with van der Waals surface area (Å²) in [6.45, 7) is 0.505. The van der Waals surface area contributed by atoms with E-state index in [-0.39, 0.29) is 0 Å². The van der Waals surface area contributed by atoms with Crippen molar-refractivity contribution in [1.29, 1.82) is 0 Å². The molecule has 33 heavy (non-hydrogen) atoms. The number of amides is 1. The molecule has 0 bridgehead atoms. The second-order valence-electron chi connectivity index (χ2n) is 7.61. The molecule has 0 aliphatic carbocycles. The number of ether oxygens (including phenoxy) is 1. The number of aliphatic hydroxyl groups is 2. The van der Waals surface area contributed by atoms with Crippen LogP contribution in [0.1, 0.15) is 11.8 Å². The fourth-order valence-corrected chi connectivity index (χ4v) is 3.78. The third-order valence-corrected chi connectivity index (χ3v) is 5.52. The Morgan fingerprint density at radius 1 is 1.15 bits per heavy atom. The molecule has 0 spiro atoms. The van der Waals surface area contributed by atoms with Gasteiger partial charge < -0.3 is 30.0 Å². The Morgan fingerprint density at radius 3 is 2.70 bits per heavy atom. The van der Waals surface area contributed by atoms with E-state index in [0.717, 1.165) is 5.56 Å². The maximum atomic E-state index is 12.1. The molecule has 0 saturated carbocycles. The lowest BCUT2D eigenvalue weighted by molar-refractivity contribution is -0.137. The largest absolute Gasteiger partial charge is 0.472 e. The minimum atomic E-state index is -1.40. The second kappa shape index (κ2) is 8.62. The third kappa shape index (κ3) is 3.82. The molecule has 1 saturated heterocycles. The second-order valence-corrected chi connectivity index (χ2v) is 7.61.